The first kappa shape index (κ1) is 11.6. The molecule has 5 nitrogen and oxygen atoms in total. The van der Waals surface area contributed by atoms with Crippen molar-refractivity contribution in [2.24, 2.45) is 0 Å². The highest BCUT2D eigenvalue weighted by Gasteiger charge is 2.13. The Morgan fingerprint density at radius 1 is 1.47 bits per heavy atom. The zero-order valence-electron chi connectivity index (χ0n) is 7.98. The minimum atomic E-state index is -2.49. The van der Waals surface area contributed by atoms with E-state index in [1.54, 1.807) is 0 Å². The van der Waals surface area contributed by atoms with Crippen molar-refractivity contribution in [2.45, 2.75) is 6.43 Å². The van der Waals surface area contributed by atoms with E-state index in [2.05, 4.69) is 9.97 Å². The minimum Gasteiger partial charge on any atom is -0.395 e. The molecule has 0 amide bonds. The fraction of sp³-hybridized carbons (Fsp3) is 0.500. The van der Waals surface area contributed by atoms with Crippen LogP contribution < -0.4 is 10.6 Å². The molecule has 0 saturated heterocycles. The van der Waals surface area contributed by atoms with Gasteiger partial charge < -0.3 is 15.7 Å². The van der Waals surface area contributed by atoms with Crippen molar-refractivity contribution in [1.82, 2.24) is 9.97 Å². The number of alkyl halides is 2. The van der Waals surface area contributed by atoms with Crippen molar-refractivity contribution in [3.8, 4) is 0 Å². The standard InChI is InChI=1S/C8H12F2N4O/c9-6(10)4-14(1-2-15)8-3-7(11)12-5-13-8/h3,5-6,15H,1-2,4H2,(H2,11,12,13). The number of nitrogens with zero attached hydrogens (tertiary/aromatic N) is 3. The topological polar surface area (TPSA) is 75.3 Å². The van der Waals surface area contributed by atoms with Crippen LogP contribution >= 0.6 is 0 Å². The van der Waals surface area contributed by atoms with Crippen molar-refractivity contribution >= 4 is 11.6 Å². The zero-order chi connectivity index (χ0) is 11.3. The number of anilines is 2. The van der Waals surface area contributed by atoms with Crippen molar-refractivity contribution in [3.05, 3.63) is 12.4 Å². The molecule has 0 aromatic carbocycles. The summed E-state index contributed by atoms with van der Waals surface area (Å²) in [5.74, 6) is 0.494. The molecule has 0 atom stereocenters. The Morgan fingerprint density at radius 3 is 2.73 bits per heavy atom. The molecule has 0 bridgehead atoms. The van der Waals surface area contributed by atoms with E-state index < -0.39 is 13.0 Å². The first-order valence-electron chi connectivity index (χ1n) is 4.35. The van der Waals surface area contributed by atoms with Gasteiger partial charge in [0, 0.05) is 12.6 Å². The second-order valence-electron chi connectivity index (χ2n) is 2.86. The summed E-state index contributed by atoms with van der Waals surface area (Å²) in [6, 6.07) is 1.39. The van der Waals surface area contributed by atoms with Crippen molar-refractivity contribution < 1.29 is 13.9 Å². The van der Waals surface area contributed by atoms with Crippen LogP contribution in [0.4, 0.5) is 20.4 Å². The third kappa shape index (κ3) is 3.62. The second-order valence-corrected chi connectivity index (χ2v) is 2.86. The number of aliphatic hydroxyl groups is 1. The lowest BCUT2D eigenvalue weighted by Crippen LogP contribution is -2.32. The van der Waals surface area contributed by atoms with Gasteiger partial charge >= 0.3 is 0 Å². The van der Waals surface area contributed by atoms with Crippen molar-refractivity contribution in [2.75, 3.05) is 30.3 Å². The van der Waals surface area contributed by atoms with Crippen LogP contribution in [-0.4, -0.2) is 41.2 Å². The highest BCUT2D eigenvalue weighted by atomic mass is 19.3. The molecule has 1 heterocycles. The molecule has 0 aliphatic carbocycles. The van der Waals surface area contributed by atoms with Gasteiger partial charge in [0.05, 0.1) is 13.2 Å². The number of nitrogens with two attached hydrogens (primary N) is 1. The molecule has 0 aliphatic rings. The first-order valence-corrected chi connectivity index (χ1v) is 4.35. The molecule has 0 saturated carbocycles. The van der Waals surface area contributed by atoms with E-state index in [1.807, 2.05) is 0 Å². The first-order chi connectivity index (χ1) is 7.13. The van der Waals surface area contributed by atoms with Gasteiger partial charge in [-0.15, -0.1) is 0 Å². The number of aliphatic hydroxyl groups excluding tert-OH is 1. The molecule has 1 rings (SSSR count). The molecule has 1 aromatic rings. The third-order valence-corrected chi connectivity index (χ3v) is 1.73. The Hall–Kier alpha value is -1.50. The lowest BCUT2D eigenvalue weighted by molar-refractivity contribution is 0.152. The van der Waals surface area contributed by atoms with E-state index in [0.29, 0.717) is 0 Å². The van der Waals surface area contributed by atoms with Gasteiger partial charge in [-0.05, 0) is 0 Å². The molecule has 1 aromatic heterocycles. The lowest BCUT2D eigenvalue weighted by atomic mass is 10.4. The fourth-order valence-corrected chi connectivity index (χ4v) is 1.12. The SMILES string of the molecule is Nc1cc(N(CCO)CC(F)F)ncn1. The van der Waals surface area contributed by atoms with Gasteiger partial charge in [-0.1, -0.05) is 0 Å². The monoisotopic (exact) mass is 218 g/mol. The molecule has 7 heteroatoms. The number of hydrogen-bond donors (Lipinski definition) is 2. The summed E-state index contributed by atoms with van der Waals surface area (Å²) in [5, 5.41) is 8.72. The average molecular weight is 218 g/mol. The molecule has 0 unspecified atom stereocenters. The van der Waals surface area contributed by atoms with Gasteiger partial charge in [0.25, 0.3) is 6.43 Å². The smallest absolute Gasteiger partial charge is 0.255 e. The summed E-state index contributed by atoms with van der Waals surface area (Å²) >= 11 is 0. The Kier molecular flexibility index (Phi) is 4.17. The van der Waals surface area contributed by atoms with Crippen molar-refractivity contribution in [1.29, 1.82) is 0 Å². The van der Waals surface area contributed by atoms with Crippen molar-refractivity contribution in [3.63, 3.8) is 0 Å². The number of hydrogen-bond acceptors (Lipinski definition) is 5. The number of halogens is 2. The van der Waals surface area contributed by atoms with Gasteiger partial charge in [0.1, 0.15) is 18.0 Å². The van der Waals surface area contributed by atoms with E-state index in [9.17, 15) is 8.78 Å². The van der Waals surface area contributed by atoms with Gasteiger partial charge in [-0.2, -0.15) is 0 Å². The maximum absolute atomic E-state index is 12.2. The second kappa shape index (κ2) is 5.40. The molecule has 84 valence electrons. The van der Waals surface area contributed by atoms with Gasteiger partial charge in [0.2, 0.25) is 0 Å². The normalized spacial score (nSPS) is 10.7. The van der Waals surface area contributed by atoms with Crippen LogP contribution in [-0.2, 0) is 0 Å². The largest absolute Gasteiger partial charge is 0.395 e. The number of aromatic nitrogens is 2. The van der Waals surface area contributed by atoms with Crippen LogP contribution in [0.3, 0.4) is 0 Å². The molecule has 0 fully saturated rings. The summed E-state index contributed by atoms with van der Waals surface area (Å²) < 4.78 is 24.4. The van der Waals surface area contributed by atoms with Crippen LogP contribution in [0.15, 0.2) is 12.4 Å². The Labute approximate surface area is 85.6 Å². The summed E-state index contributed by atoms with van der Waals surface area (Å²) in [6.07, 6.45) is -1.30. The molecular weight excluding hydrogens is 206 g/mol. The quantitative estimate of drug-likeness (QED) is 0.734. The number of nitrogen functional groups attached to an aromatic ring is 1. The molecule has 15 heavy (non-hydrogen) atoms. The van der Waals surface area contributed by atoms with Gasteiger partial charge in [0.15, 0.2) is 0 Å². The van der Waals surface area contributed by atoms with E-state index in [4.69, 9.17) is 10.8 Å². The van der Waals surface area contributed by atoms with E-state index in [-0.39, 0.29) is 24.8 Å². The summed E-state index contributed by atoms with van der Waals surface area (Å²) in [5.41, 5.74) is 5.40. The predicted octanol–water partition coefficient (Wildman–Crippen LogP) is 0.123. The van der Waals surface area contributed by atoms with Gasteiger partial charge in [-0.25, -0.2) is 18.7 Å². The Morgan fingerprint density at radius 2 is 2.20 bits per heavy atom. The highest BCUT2D eigenvalue weighted by Crippen LogP contribution is 2.13. The molecule has 0 radical (unpaired) electrons. The summed E-state index contributed by atoms with van der Waals surface area (Å²) in [7, 11) is 0. The average Bonchev–Trinajstić information content (AvgIpc) is 2.16. The predicted molar refractivity (Wildman–Crippen MR) is 51.7 cm³/mol. The maximum Gasteiger partial charge on any atom is 0.255 e. The van der Waals surface area contributed by atoms with E-state index >= 15 is 0 Å². The van der Waals surface area contributed by atoms with Crippen LogP contribution in [0.2, 0.25) is 0 Å². The maximum atomic E-state index is 12.2. The minimum absolute atomic E-state index is 0.0841. The number of rotatable bonds is 5. The van der Waals surface area contributed by atoms with Gasteiger partial charge in [-0.3, -0.25) is 0 Å². The Balaban J connectivity index is 2.78. The van der Waals surface area contributed by atoms with Crippen LogP contribution in [0.25, 0.3) is 0 Å². The fourth-order valence-electron chi connectivity index (χ4n) is 1.12. The van der Waals surface area contributed by atoms with E-state index in [0.717, 1.165) is 0 Å². The molecule has 3 N–H and O–H groups in total. The Bertz CT molecular complexity index is 310. The lowest BCUT2D eigenvalue weighted by Gasteiger charge is -2.21. The van der Waals surface area contributed by atoms with Crippen LogP contribution in [0, 0.1) is 0 Å². The van der Waals surface area contributed by atoms with E-state index in [1.165, 1.54) is 17.3 Å². The van der Waals surface area contributed by atoms with Crippen LogP contribution in [0.5, 0.6) is 0 Å². The third-order valence-electron chi connectivity index (χ3n) is 1.73. The molecule has 0 spiro atoms. The summed E-state index contributed by atoms with van der Waals surface area (Å²) in [4.78, 5) is 8.71. The molecular formula is C8H12F2N4O. The van der Waals surface area contributed by atoms with Crippen LogP contribution in [0.1, 0.15) is 0 Å². The molecule has 0 aliphatic heterocycles. The summed E-state index contributed by atoms with van der Waals surface area (Å²) in [6.45, 7) is -0.631. The highest BCUT2D eigenvalue weighted by molar-refractivity contribution is 5.45. The zero-order valence-corrected chi connectivity index (χ0v) is 7.98.